The first kappa shape index (κ1) is 13.8. The molecule has 1 aromatic heterocycles. The second kappa shape index (κ2) is 5.98. The third-order valence-electron chi connectivity index (χ3n) is 2.56. The number of hydrogen-bond donors (Lipinski definition) is 2. The average Bonchev–Trinajstić information content (AvgIpc) is 2.82. The van der Waals surface area contributed by atoms with E-state index in [1.165, 1.54) is 6.07 Å². The van der Waals surface area contributed by atoms with E-state index in [1.54, 1.807) is 17.9 Å². The molecular formula is C11H13BrN4O3. The van der Waals surface area contributed by atoms with E-state index in [4.69, 9.17) is 4.74 Å². The Morgan fingerprint density at radius 2 is 2.11 bits per heavy atom. The molecule has 0 spiro atoms. The van der Waals surface area contributed by atoms with Crippen molar-refractivity contribution in [1.82, 2.24) is 20.2 Å². The predicted octanol–water partition coefficient (Wildman–Crippen LogP) is 1.55. The van der Waals surface area contributed by atoms with Gasteiger partial charge in [0.15, 0.2) is 5.82 Å². The zero-order valence-corrected chi connectivity index (χ0v) is 11.8. The number of aromatic hydroxyl groups is 2. The highest BCUT2D eigenvalue weighted by atomic mass is 79.9. The lowest BCUT2D eigenvalue weighted by Crippen LogP contribution is -2.05. The molecule has 0 aliphatic rings. The summed E-state index contributed by atoms with van der Waals surface area (Å²) in [5, 5.41) is 30.7. The predicted molar refractivity (Wildman–Crippen MR) is 70.8 cm³/mol. The molecule has 0 saturated heterocycles. The minimum Gasteiger partial charge on any atom is -0.507 e. The largest absolute Gasteiger partial charge is 0.507 e. The van der Waals surface area contributed by atoms with Crippen LogP contribution in [0.3, 0.4) is 0 Å². The summed E-state index contributed by atoms with van der Waals surface area (Å²) in [4.78, 5) is 0. The van der Waals surface area contributed by atoms with Crippen LogP contribution in [0.2, 0.25) is 0 Å². The van der Waals surface area contributed by atoms with Crippen molar-refractivity contribution in [2.24, 2.45) is 0 Å². The standard InChI is InChI=1S/C11H13BrN4O3/c1-19-4-2-3-16-11(13-14-15-16)7-5-8(12)10(18)6-9(7)17/h5-6,17-18H,2-4H2,1H3. The molecular weight excluding hydrogens is 316 g/mol. The Bertz CT molecular complexity index is 573. The molecule has 0 fully saturated rings. The van der Waals surface area contributed by atoms with E-state index in [9.17, 15) is 10.2 Å². The number of aryl methyl sites for hydroxylation is 1. The van der Waals surface area contributed by atoms with Crippen molar-refractivity contribution in [1.29, 1.82) is 0 Å². The number of phenols is 2. The van der Waals surface area contributed by atoms with Crippen LogP contribution in [0.4, 0.5) is 0 Å². The van der Waals surface area contributed by atoms with Crippen molar-refractivity contribution in [2.75, 3.05) is 13.7 Å². The highest BCUT2D eigenvalue weighted by molar-refractivity contribution is 9.10. The molecule has 8 heteroatoms. The Hall–Kier alpha value is -1.67. The zero-order valence-electron chi connectivity index (χ0n) is 10.2. The highest BCUT2D eigenvalue weighted by Crippen LogP contribution is 2.36. The second-order valence-corrected chi connectivity index (χ2v) is 4.75. The summed E-state index contributed by atoms with van der Waals surface area (Å²) in [6.07, 6.45) is 0.758. The van der Waals surface area contributed by atoms with E-state index in [1.807, 2.05) is 0 Å². The summed E-state index contributed by atoms with van der Waals surface area (Å²) < 4.78 is 7.02. The third kappa shape index (κ3) is 3.02. The number of hydrogen-bond acceptors (Lipinski definition) is 6. The van der Waals surface area contributed by atoms with Crippen LogP contribution in [0, 0.1) is 0 Å². The number of rotatable bonds is 5. The first-order valence-electron chi connectivity index (χ1n) is 5.60. The molecule has 0 radical (unpaired) electrons. The summed E-state index contributed by atoms with van der Waals surface area (Å²) >= 11 is 3.20. The number of benzene rings is 1. The number of aromatic nitrogens is 4. The average molecular weight is 329 g/mol. The quantitative estimate of drug-likeness (QED) is 0.809. The van der Waals surface area contributed by atoms with Gasteiger partial charge in [0.05, 0.1) is 10.0 Å². The topological polar surface area (TPSA) is 93.3 Å². The Kier molecular flexibility index (Phi) is 4.33. The zero-order chi connectivity index (χ0) is 13.8. The van der Waals surface area contributed by atoms with E-state index in [0.29, 0.717) is 29.0 Å². The van der Waals surface area contributed by atoms with Crippen LogP contribution in [-0.2, 0) is 11.3 Å². The molecule has 1 heterocycles. The lowest BCUT2D eigenvalue weighted by molar-refractivity contribution is 0.189. The van der Waals surface area contributed by atoms with Gasteiger partial charge < -0.3 is 14.9 Å². The van der Waals surface area contributed by atoms with E-state index < -0.39 is 0 Å². The molecule has 7 nitrogen and oxygen atoms in total. The molecule has 2 rings (SSSR count). The monoisotopic (exact) mass is 328 g/mol. The van der Waals surface area contributed by atoms with Gasteiger partial charge in [-0.25, -0.2) is 4.68 Å². The van der Waals surface area contributed by atoms with Gasteiger partial charge in [0.25, 0.3) is 0 Å². The molecule has 0 saturated carbocycles. The van der Waals surface area contributed by atoms with Gasteiger partial charge in [-0.1, -0.05) is 0 Å². The van der Waals surface area contributed by atoms with Gasteiger partial charge in [-0.2, -0.15) is 0 Å². The first-order chi connectivity index (χ1) is 9.13. The Balaban J connectivity index is 2.32. The third-order valence-corrected chi connectivity index (χ3v) is 3.19. The Morgan fingerprint density at radius 1 is 1.32 bits per heavy atom. The molecule has 0 aliphatic carbocycles. The normalized spacial score (nSPS) is 10.8. The van der Waals surface area contributed by atoms with Crippen LogP contribution >= 0.6 is 15.9 Å². The lowest BCUT2D eigenvalue weighted by Gasteiger charge is -2.07. The number of ether oxygens (including phenoxy) is 1. The van der Waals surface area contributed by atoms with E-state index >= 15 is 0 Å². The van der Waals surface area contributed by atoms with Gasteiger partial charge in [-0.05, 0) is 38.8 Å². The molecule has 1 aromatic carbocycles. The van der Waals surface area contributed by atoms with Crippen LogP contribution in [0.1, 0.15) is 6.42 Å². The van der Waals surface area contributed by atoms with Crippen LogP contribution in [0.25, 0.3) is 11.4 Å². The van der Waals surface area contributed by atoms with E-state index in [-0.39, 0.29) is 11.5 Å². The fourth-order valence-corrected chi connectivity index (χ4v) is 1.98. The van der Waals surface area contributed by atoms with E-state index in [2.05, 4.69) is 31.5 Å². The van der Waals surface area contributed by atoms with Gasteiger partial charge in [-0.3, -0.25) is 0 Å². The van der Waals surface area contributed by atoms with Crippen molar-refractivity contribution in [3.63, 3.8) is 0 Å². The number of tetrazole rings is 1. The summed E-state index contributed by atoms with van der Waals surface area (Å²) in [7, 11) is 1.63. The van der Waals surface area contributed by atoms with Gasteiger partial charge >= 0.3 is 0 Å². The second-order valence-electron chi connectivity index (χ2n) is 3.89. The van der Waals surface area contributed by atoms with Crippen molar-refractivity contribution in [3.8, 4) is 22.9 Å². The van der Waals surface area contributed by atoms with Crippen molar-refractivity contribution < 1.29 is 14.9 Å². The van der Waals surface area contributed by atoms with Crippen LogP contribution in [0.15, 0.2) is 16.6 Å². The smallest absolute Gasteiger partial charge is 0.185 e. The molecule has 2 aromatic rings. The summed E-state index contributed by atoms with van der Waals surface area (Å²) in [6, 6.07) is 2.82. The van der Waals surface area contributed by atoms with E-state index in [0.717, 1.165) is 6.42 Å². The minimum absolute atomic E-state index is 0.0420. The number of nitrogens with zero attached hydrogens (tertiary/aromatic N) is 4. The maximum atomic E-state index is 9.87. The maximum absolute atomic E-state index is 9.87. The Morgan fingerprint density at radius 3 is 2.84 bits per heavy atom. The minimum atomic E-state index is -0.0801. The molecule has 0 unspecified atom stereocenters. The van der Waals surface area contributed by atoms with Crippen molar-refractivity contribution in [2.45, 2.75) is 13.0 Å². The Labute approximate surface area is 118 Å². The van der Waals surface area contributed by atoms with Crippen LogP contribution < -0.4 is 0 Å². The molecule has 0 bridgehead atoms. The molecule has 19 heavy (non-hydrogen) atoms. The van der Waals surface area contributed by atoms with Crippen molar-refractivity contribution >= 4 is 15.9 Å². The van der Waals surface area contributed by atoms with Gasteiger partial charge in [0, 0.05) is 26.3 Å². The van der Waals surface area contributed by atoms with Crippen LogP contribution in [0.5, 0.6) is 11.5 Å². The highest BCUT2D eigenvalue weighted by Gasteiger charge is 2.15. The first-order valence-corrected chi connectivity index (χ1v) is 6.39. The fraction of sp³-hybridized carbons (Fsp3) is 0.364. The number of methoxy groups -OCH3 is 1. The van der Waals surface area contributed by atoms with Gasteiger partial charge in [0.1, 0.15) is 11.5 Å². The molecule has 102 valence electrons. The molecule has 2 N–H and O–H groups in total. The summed E-state index contributed by atoms with van der Waals surface area (Å²) in [5.74, 6) is 0.317. The maximum Gasteiger partial charge on any atom is 0.185 e. The van der Waals surface area contributed by atoms with Gasteiger partial charge in [0.2, 0.25) is 0 Å². The summed E-state index contributed by atoms with van der Waals surface area (Å²) in [6.45, 7) is 1.18. The molecule has 0 amide bonds. The van der Waals surface area contributed by atoms with Gasteiger partial charge in [-0.15, -0.1) is 5.10 Å². The van der Waals surface area contributed by atoms with Crippen molar-refractivity contribution in [3.05, 3.63) is 16.6 Å². The van der Waals surface area contributed by atoms with Crippen LogP contribution in [-0.4, -0.2) is 44.1 Å². The summed E-state index contributed by atoms with van der Waals surface area (Å²) in [5.41, 5.74) is 0.451. The number of halogens is 1. The molecule has 0 atom stereocenters. The fourth-order valence-electron chi connectivity index (χ4n) is 1.64. The lowest BCUT2D eigenvalue weighted by atomic mass is 10.2. The molecule has 0 aliphatic heterocycles. The number of phenolic OH excluding ortho intramolecular Hbond substituents is 2. The SMILES string of the molecule is COCCCn1nnnc1-c1cc(Br)c(O)cc1O.